The van der Waals surface area contributed by atoms with Gasteiger partial charge in [-0.1, -0.05) is 18.2 Å². The van der Waals surface area contributed by atoms with Gasteiger partial charge in [-0.3, -0.25) is 9.10 Å². The number of hydrogen-bond acceptors (Lipinski definition) is 3. The molecule has 0 aliphatic carbocycles. The monoisotopic (exact) mass is 257 g/mol. The molecule has 0 bridgehead atoms. The Bertz CT molecular complexity index is 510. The summed E-state index contributed by atoms with van der Waals surface area (Å²) in [4.78, 5) is 10.4. The van der Waals surface area contributed by atoms with Crippen LogP contribution in [0.15, 0.2) is 24.3 Å². The van der Waals surface area contributed by atoms with Crippen molar-refractivity contribution in [2.45, 2.75) is 13.3 Å². The van der Waals surface area contributed by atoms with Crippen LogP contribution < -0.4 is 4.31 Å². The Morgan fingerprint density at radius 3 is 2.47 bits per heavy atom. The fourth-order valence-electron chi connectivity index (χ4n) is 1.42. The van der Waals surface area contributed by atoms with Crippen molar-refractivity contribution < 1.29 is 18.3 Å². The molecule has 0 aliphatic heterocycles. The summed E-state index contributed by atoms with van der Waals surface area (Å²) in [6.45, 7) is 1.80. The first kappa shape index (κ1) is 13.5. The minimum atomic E-state index is -3.58. The molecule has 0 radical (unpaired) electrons. The van der Waals surface area contributed by atoms with Gasteiger partial charge in [-0.2, -0.15) is 0 Å². The van der Waals surface area contributed by atoms with Crippen LogP contribution in [0, 0.1) is 6.92 Å². The lowest BCUT2D eigenvalue weighted by molar-refractivity contribution is -0.136. The molecular formula is C11H15NO4S. The van der Waals surface area contributed by atoms with Crippen LogP contribution in [0.2, 0.25) is 0 Å². The van der Waals surface area contributed by atoms with Crippen LogP contribution in [-0.2, 0) is 14.8 Å². The molecule has 0 unspecified atom stereocenters. The molecule has 94 valence electrons. The van der Waals surface area contributed by atoms with Crippen molar-refractivity contribution in [1.29, 1.82) is 0 Å². The van der Waals surface area contributed by atoms with E-state index in [1.54, 1.807) is 25.1 Å². The summed E-state index contributed by atoms with van der Waals surface area (Å²) in [7, 11) is -2.15. The summed E-state index contributed by atoms with van der Waals surface area (Å²) in [5.74, 6) is -1.51. The summed E-state index contributed by atoms with van der Waals surface area (Å²) in [6, 6.07) is 7.05. The fraction of sp³-hybridized carbons (Fsp3) is 0.364. The second-order valence-electron chi connectivity index (χ2n) is 3.71. The van der Waals surface area contributed by atoms with E-state index in [9.17, 15) is 13.2 Å². The molecule has 5 nitrogen and oxygen atoms in total. The molecule has 0 saturated heterocycles. The zero-order valence-corrected chi connectivity index (χ0v) is 10.6. The van der Waals surface area contributed by atoms with Crippen molar-refractivity contribution in [2.75, 3.05) is 17.1 Å². The van der Waals surface area contributed by atoms with Gasteiger partial charge in [0.05, 0.1) is 17.9 Å². The van der Waals surface area contributed by atoms with Gasteiger partial charge in [-0.25, -0.2) is 8.42 Å². The van der Waals surface area contributed by atoms with Crippen molar-refractivity contribution in [3.63, 3.8) is 0 Å². The van der Waals surface area contributed by atoms with Crippen molar-refractivity contribution in [3.05, 3.63) is 29.8 Å². The second-order valence-corrected chi connectivity index (χ2v) is 5.83. The summed E-state index contributed by atoms with van der Waals surface area (Å²) < 4.78 is 24.8. The number of anilines is 1. The third kappa shape index (κ3) is 3.45. The lowest BCUT2D eigenvalue weighted by Gasteiger charge is -2.20. The lowest BCUT2D eigenvalue weighted by Crippen LogP contribution is -2.30. The van der Waals surface area contributed by atoms with Crippen LogP contribution >= 0.6 is 0 Å². The summed E-state index contributed by atoms with van der Waals surface area (Å²) in [5.41, 5.74) is 1.40. The van der Waals surface area contributed by atoms with Gasteiger partial charge in [0.1, 0.15) is 0 Å². The van der Waals surface area contributed by atoms with Crippen molar-refractivity contribution in [1.82, 2.24) is 0 Å². The molecule has 0 heterocycles. The number of nitrogens with zero attached hydrogens (tertiary/aromatic N) is 1. The highest BCUT2D eigenvalue weighted by molar-refractivity contribution is 7.92. The molecule has 17 heavy (non-hydrogen) atoms. The Balaban J connectivity index is 2.93. The molecule has 0 aromatic heterocycles. The Kier molecular flexibility index (Phi) is 4.11. The van der Waals surface area contributed by atoms with Gasteiger partial charge in [0.2, 0.25) is 10.0 Å². The van der Waals surface area contributed by atoms with Gasteiger partial charge in [0.15, 0.2) is 0 Å². The number of sulfonamides is 1. The van der Waals surface area contributed by atoms with Crippen LogP contribution in [-0.4, -0.2) is 32.3 Å². The van der Waals surface area contributed by atoms with E-state index in [0.29, 0.717) is 5.69 Å². The largest absolute Gasteiger partial charge is 0.481 e. The quantitative estimate of drug-likeness (QED) is 0.861. The van der Waals surface area contributed by atoms with E-state index in [2.05, 4.69) is 0 Å². The minimum absolute atomic E-state index is 0.390. The Labute approximate surface area is 101 Å². The number of carboxylic acid groups (broad SMARTS) is 1. The molecule has 0 fully saturated rings. The maximum absolute atomic E-state index is 11.9. The topological polar surface area (TPSA) is 74.7 Å². The lowest BCUT2D eigenvalue weighted by atomic mass is 10.2. The van der Waals surface area contributed by atoms with Crippen LogP contribution in [0.3, 0.4) is 0 Å². The van der Waals surface area contributed by atoms with Crippen LogP contribution in [0.1, 0.15) is 12.0 Å². The van der Waals surface area contributed by atoms with E-state index in [4.69, 9.17) is 5.11 Å². The van der Waals surface area contributed by atoms with Crippen molar-refractivity contribution in [2.24, 2.45) is 0 Å². The standard InChI is InChI=1S/C11H15NO4S/c1-9-5-3-4-6-10(9)12(2)17(15,16)8-7-11(13)14/h3-6H,7-8H2,1-2H3,(H,13,14). The smallest absolute Gasteiger partial charge is 0.304 e. The van der Waals surface area contributed by atoms with E-state index in [1.165, 1.54) is 7.05 Å². The molecule has 1 aromatic rings. The van der Waals surface area contributed by atoms with Gasteiger partial charge < -0.3 is 5.11 Å². The number of benzene rings is 1. The van der Waals surface area contributed by atoms with Crippen molar-refractivity contribution >= 4 is 21.7 Å². The predicted molar refractivity (Wildman–Crippen MR) is 65.6 cm³/mol. The third-order valence-electron chi connectivity index (χ3n) is 2.45. The molecule has 6 heteroatoms. The molecule has 0 atom stereocenters. The zero-order chi connectivity index (χ0) is 13.1. The molecule has 1 N–H and O–H groups in total. The number of carboxylic acids is 1. The number of hydrogen-bond donors (Lipinski definition) is 1. The van der Waals surface area contributed by atoms with E-state index in [1.807, 2.05) is 6.07 Å². The first-order valence-electron chi connectivity index (χ1n) is 5.08. The molecule has 0 spiro atoms. The Hall–Kier alpha value is -1.56. The fourth-order valence-corrected chi connectivity index (χ4v) is 2.63. The van der Waals surface area contributed by atoms with E-state index >= 15 is 0 Å². The summed E-state index contributed by atoms with van der Waals surface area (Å²) in [6.07, 6.45) is -0.390. The zero-order valence-electron chi connectivity index (χ0n) is 9.75. The average molecular weight is 257 g/mol. The number of aryl methyl sites for hydroxylation is 1. The van der Waals surface area contributed by atoms with Gasteiger partial charge in [-0.05, 0) is 18.6 Å². The maximum atomic E-state index is 11.9. The Morgan fingerprint density at radius 1 is 1.35 bits per heavy atom. The average Bonchev–Trinajstić information content (AvgIpc) is 2.26. The summed E-state index contributed by atoms with van der Waals surface area (Å²) in [5, 5.41) is 8.50. The van der Waals surface area contributed by atoms with Crippen molar-refractivity contribution in [3.8, 4) is 0 Å². The highest BCUT2D eigenvalue weighted by Crippen LogP contribution is 2.21. The number of aliphatic carboxylic acids is 1. The van der Waals surface area contributed by atoms with Crippen LogP contribution in [0.25, 0.3) is 0 Å². The van der Waals surface area contributed by atoms with Gasteiger partial charge in [0, 0.05) is 7.05 Å². The van der Waals surface area contributed by atoms with Gasteiger partial charge in [-0.15, -0.1) is 0 Å². The molecule has 0 amide bonds. The normalized spacial score (nSPS) is 11.2. The highest BCUT2D eigenvalue weighted by atomic mass is 32.2. The van der Waals surface area contributed by atoms with Gasteiger partial charge in [0.25, 0.3) is 0 Å². The Morgan fingerprint density at radius 2 is 1.94 bits per heavy atom. The number of para-hydroxylation sites is 1. The molecule has 0 saturated carbocycles. The molecule has 1 aromatic carbocycles. The van der Waals surface area contributed by atoms with Crippen LogP contribution in [0.5, 0.6) is 0 Å². The third-order valence-corrected chi connectivity index (χ3v) is 4.20. The van der Waals surface area contributed by atoms with E-state index < -0.39 is 28.2 Å². The maximum Gasteiger partial charge on any atom is 0.304 e. The first-order valence-corrected chi connectivity index (χ1v) is 6.69. The SMILES string of the molecule is Cc1ccccc1N(C)S(=O)(=O)CCC(=O)O. The van der Waals surface area contributed by atoms with E-state index in [-0.39, 0.29) is 0 Å². The summed E-state index contributed by atoms with van der Waals surface area (Å²) >= 11 is 0. The van der Waals surface area contributed by atoms with E-state index in [0.717, 1.165) is 9.87 Å². The first-order chi connectivity index (χ1) is 7.84. The van der Waals surface area contributed by atoms with Crippen LogP contribution in [0.4, 0.5) is 5.69 Å². The highest BCUT2D eigenvalue weighted by Gasteiger charge is 2.20. The molecular weight excluding hydrogens is 242 g/mol. The predicted octanol–water partition coefficient (Wildman–Crippen LogP) is 1.24. The van der Waals surface area contributed by atoms with Gasteiger partial charge >= 0.3 is 5.97 Å². The second kappa shape index (κ2) is 5.18. The minimum Gasteiger partial charge on any atom is -0.481 e. The number of rotatable bonds is 5. The molecule has 1 rings (SSSR count). The number of carbonyl (C=O) groups is 1. The molecule has 0 aliphatic rings.